The molecule has 8 nitrogen and oxygen atoms in total. The minimum Gasteiger partial charge on any atom is -0.481 e. The van der Waals surface area contributed by atoms with E-state index in [0.29, 0.717) is 19.3 Å². The van der Waals surface area contributed by atoms with Gasteiger partial charge in [-0.2, -0.15) is 0 Å². The Morgan fingerprint density at radius 1 is 1.00 bits per heavy atom. The van der Waals surface area contributed by atoms with Gasteiger partial charge in [-0.1, -0.05) is 55.0 Å². The third kappa shape index (κ3) is 4.62. The van der Waals surface area contributed by atoms with E-state index in [1.807, 2.05) is 24.3 Å². The number of amides is 2. The van der Waals surface area contributed by atoms with Crippen LogP contribution in [0.25, 0.3) is 11.1 Å². The Labute approximate surface area is 204 Å². The van der Waals surface area contributed by atoms with Crippen LogP contribution in [0.1, 0.15) is 42.7 Å². The number of carbonyl (C=O) groups is 3. The number of carboxylic acids is 1. The van der Waals surface area contributed by atoms with Crippen LogP contribution in [0, 0.1) is 11.3 Å². The van der Waals surface area contributed by atoms with Crippen LogP contribution in [0.15, 0.2) is 48.5 Å². The molecule has 5 rings (SSSR count). The minimum atomic E-state index is -0.850. The fraction of sp³-hybridized carbons (Fsp3) is 0.444. The lowest BCUT2D eigenvalue weighted by Crippen LogP contribution is -2.48. The summed E-state index contributed by atoms with van der Waals surface area (Å²) in [6, 6.07) is 16.3. The van der Waals surface area contributed by atoms with Crippen molar-refractivity contribution in [2.24, 2.45) is 11.3 Å². The van der Waals surface area contributed by atoms with E-state index < -0.39 is 17.5 Å². The normalized spacial score (nSPS) is 21.9. The van der Waals surface area contributed by atoms with Crippen molar-refractivity contribution in [2.45, 2.75) is 37.7 Å². The van der Waals surface area contributed by atoms with E-state index in [4.69, 9.17) is 9.47 Å². The van der Waals surface area contributed by atoms with Crippen molar-refractivity contribution in [3.05, 3.63) is 59.7 Å². The van der Waals surface area contributed by atoms with Crippen molar-refractivity contribution in [3.63, 3.8) is 0 Å². The largest absolute Gasteiger partial charge is 0.481 e. The Morgan fingerprint density at radius 2 is 1.66 bits per heavy atom. The molecule has 2 fully saturated rings. The highest BCUT2D eigenvalue weighted by atomic mass is 16.5. The Bertz CT molecular complexity index is 1080. The second-order valence-electron chi connectivity index (χ2n) is 9.75. The van der Waals surface area contributed by atoms with Gasteiger partial charge in [0.25, 0.3) is 0 Å². The standard InChI is InChI=1S/C27H30N2O6/c30-24(29-16-27(25(31)32)10-5-11-27)17-12-18(34-14-17)13-28-26(33)35-15-23-21-8-3-1-6-19(21)20-7-2-4-9-22(20)23/h1-4,6-9,17-18,23H,5,10-16H2,(H,28,33)(H,29,30)(H,31,32). The first-order valence-corrected chi connectivity index (χ1v) is 12.2. The molecule has 8 heteroatoms. The van der Waals surface area contributed by atoms with Crippen LogP contribution in [-0.4, -0.2) is 55.5 Å². The number of nitrogens with one attached hydrogen (secondary N) is 2. The Kier molecular flexibility index (Phi) is 6.47. The second kappa shape index (κ2) is 9.70. The monoisotopic (exact) mass is 478 g/mol. The van der Waals surface area contributed by atoms with Gasteiger partial charge in [-0.3, -0.25) is 9.59 Å². The fourth-order valence-corrected chi connectivity index (χ4v) is 5.35. The molecule has 0 aromatic heterocycles. The third-order valence-electron chi connectivity index (χ3n) is 7.63. The molecule has 184 valence electrons. The summed E-state index contributed by atoms with van der Waals surface area (Å²) in [6.07, 6.45) is 1.72. The van der Waals surface area contributed by atoms with Crippen molar-refractivity contribution in [1.29, 1.82) is 0 Å². The van der Waals surface area contributed by atoms with Crippen LogP contribution in [0.5, 0.6) is 0 Å². The average Bonchev–Trinajstić information content (AvgIpc) is 3.43. The Hall–Kier alpha value is -3.39. The topological polar surface area (TPSA) is 114 Å². The third-order valence-corrected chi connectivity index (χ3v) is 7.63. The number of aliphatic carboxylic acids is 1. The number of benzene rings is 2. The van der Waals surface area contributed by atoms with Gasteiger partial charge in [-0.05, 0) is 41.5 Å². The van der Waals surface area contributed by atoms with Crippen LogP contribution in [0.3, 0.4) is 0 Å². The Balaban J connectivity index is 1.07. The predicted octanol–water partition coefficient (Wildman–Crippen LogP) is 3.30. The van der Waals surface area contributed by atoms with Crippen molar-refractivity contribution in [3.8, 4) is 11.1 Å². The molecule has 3 aliphatic rings. The van der Waals surface area contributed by atoms with Crippen molar-refractivity contribution in [2.75, 3.05) is 26.3 Å². The van der Waals surface area contributed by atoms with Crippen LogP contribution >= 0.6 is 0 Å². The highest BCUT2D eigenvalue weighted by Gasteiger charge is 2.45. The van der Waals surface area contributed by atoms with E-state index in [9.17, 15) is 19.5 Å². The van der Waals surface area contributed by atoms with Gasteiger partial charge in [0.2, 0.25) is 5.91 Å². The first-order valence-electron chi connectivity index (χ1n) is 12.2. The van der Waals surface area contributed by atoms with E-state index in [1.165, 1.54) is 11.1 Å². The maximum Gasteiger partial charge on any atom is 0.407 e. The number of rotatable bonds is 8. The zero-order valence-corrected chi connectivity index (χ0v) is 19.5. The zero-order chi connectivity index (χ0) is 24.4. The summed E-state index contributed by atoms with van der Waals surface area (Å²) >= 11 is 0. The SMILES string of the molecule is O=C(NCC1CC(C(=O)NCC2(C(=O)O)CCC2)CO1)OCC1c2ccccc2-c2ccccc21. The molecule has 0 spiro atoms. The first kappa shape index (κ1) is 23.4. The zero-order valence-electron chi connectivity index (χ0n) is 19.5. The Morgan fingerprint density at radius 3 is 2.26 bits per heavy atom. The summed E-state index contributed by atoms with van der Waals surface area (Å²) in [5.74, 6) is -1.40. The number of carbonyl (C=O) groups excluding carboxylic acids is 2. The maximum atomic E-state index is 12.5. The van der Waals surface area contributed by atoms with E-state index in [-0.39, 0.29) is 50.2 Å². The molecular formula is C27H30N2O6. The summed E-state index contributed by atoms with van der Waals surface area (Å²) in [6.45, 7) is 0.893. The molecule has 1 saturated heterocycles. The lowest BCUT2D eigenvalue weighted by molar-refractivity contribution is -0.154. The van der Waals surface area contributed by atoms with E-state index in [2.05, 4.69) is 34.9 Å². The van der Waals surface area contributed by atoms with Gasteiger partial charge in [0.05, 0.1) is 24.0 Å². The molecule has 1 saturated carbocycles. The summed E-state index contributed by atoms with van der Waals surface area (Å²) in [4.78, 5) is 36.4. The summed E-state index contributed by atoms with van der Waals surface area (Å²) in [7, 11) is 0. The van der Waals surface area contributed by atoms with Crippen molar-refractivity contribution < 1.29 is 29.0 Å². The molecule has 0 radical (unpaired) electrons. The molecule has 2 aliphatic carbocycles. The molecule has 2 aromatic carbocycles. The lowest BCUT2D eigenvalue weighted by Gasteiger charge is -2.37. The second-order valence-corrected chi connectivity index (χ2v) is 9.75. The van der Waals surface area contributed by atoms with Gasteiger partial charge in [0.15, 0.2) is 0 Å². The molecule has 2 amide bonds. The highest BCUT2D eigenvalue weighted by Crippen LogP contribution is 2.44. The first-order chi connectivity index (χ1) is 17.0. The molecule has 2 unspecified atom stereocenters. The van der Waals surface area contributed by atoms with Crippen LogP contribution in [0.4, 0.5) is 4.79 Å². The van der Waals surface area contributed by atoms with Crippen molar-refractivity contribution in [1.82, 2.24) is 10.6 Å². The molecule has 2 aromatic rings. The summed E-state index contributed by atoms with van der Waals surface area (Å²) < 4.78 is 11.2. The number of fused-ring (bicyclic) bond motifs is 3. The highest BCUT2D eigenvalue weighted by molar-refractivity contribution is 5.81. The quantitative estimate of drug-likeness (QED) is 0.537. The molecule has 2 atom stereocenters. The van der Waals surface area contributed by atoms with Crippen LogP contribution < -0.4 is 10.6 Å². The molecule has 1 heterocycles. The minimum absolute atomic E-state index is 0.00581. The fourth-order valence-electron chi connectivity index (χ4n) is 5.35. The van der Waals surface area contributed by atoms with Crippen LogP contribution in [0.2, 0.25) is 0 Å². The number of hydrogen-bond donors (Lipinski definition) is 3. The molecular weight excluding hydrogens is 448 g/mol. The number of carboxylic acid groups (broad SMARTS) is 1. The number of ether oxygens (including phenoxy) is 2. The van der Waals surface area contributed by atoms with Gasteiger partial charge in [0.1, 0.15) is 6.61 Å². The van der Waals surface area contributed by atoms with E-state index in [1.54, 1.807) is 0 Å². The van der Waals surface area contributed by atoms with Crippen molar-refractivity contribution >= 4 is 18.0 Å². The van der Waals surface area contributed by atoms with E-state index >= 15 is 0 Å². The van der Waals surface area contributed by atoms with Crippen LogP contribution in [-0.2, 0) is 19.1 Å². The van der Waals surface area contributed by atoms with Gasteiger partial charge in [0, 0.05) is 19.0 Å². The smallest absolute Gasteiger partial charge is 0.407 e. The number of alkyl carbamates (subject to hydrolysis) is 1. The number of hydrogen-bond acceptors (Lipinski definition) is 5. The maximum absolute atomic E-state index is 12.5. The van der Waals surface area contributed by atoms with Gasteiger partial charge in [-0.25, -0.2) is 4.79 Å². The van der Waals surface area contributed by atoms with E-state index in [0.717, 1.165) is 17.5 Å². The van der Waals surface area contributed by atoms with Gasteiger partial charge >= 0.3 is 12.1 Å². The summed E-state index contributed by atoms with van der Waals surface area (Å²) in [5.41, 5.74) is 3.84. The molecule has 35 heavy (non-hydrogen) atoms. The summed E-state index contributed by atoms with van der Waals surface area (Å²) in [5, 5.41) is 14.9. The van der Waals surface area contributed by atoms with Gasteiger partial charge < -0.3 is 25.2 Å². The van der Waals surface area contributed by atoms with Gasteiger partial charge in [-0.15, -0.1) is 0 Å². The lowest BCUT2D eigenvalue weighted by atomic mass is 9.68. The molecule has 1 aliphatic heterocycles. The average molecular weight is 479 g/mol. The molecule has 0 bridgehead atoms. The predicted molar refractivity (Wildman–Crippen MR) is 128 cm³/mol. The molecule has 3 N–H and O–H groups in total.